The SMILES string of the molecule is C[Si](C)(C)N(Cc1ccccc1)/N=C1/CCCC(=O)C1. The van der Waals surface area contributed by atoms with E-state index in [1.54, 1.807) is 0 Å². The zero-order valence-corrected chi connectivity index (χ0v) is 13.7. The molecule has 1 aromatic rings. The first kappa shape index (κ1) is 15.0. The van der Waals surface area contributed by atoms with E-state index in [0.29, 0.717) is 12.2 Å². The number of rotatable bonds is 4. The van der Waals surface area contributed by atoms with Gasteiger partial charge in [-0.1, -0.05) is 50.0 Å². The van der Waals surface area contributed by atoms with Gasteiger partial charge in [-0.15, -0.1) is 0 Å². The summed E-state index contributed by atoms with van der Waals surface area (Å²) in [5.74, 6) is 0.338. The number of benzene rings is 1. The van der Waals surface area contributed by atoms with E-state index in [1.165, 1.54) is 5.56 Å². The van der Waals surface area contributed by atoms with Gasteiger partial charge in [0.15, 0.2) is 8.24 Å². The van der Waals surface area contributed by atoms with Gasteiger partial charge in [0.05, 0.1) is 6.54 Å². The molecule has 1 aliphatic carbocycles. The molecule has 108 valence electrons. The summed E-state index contributed by atoms with van der Waals surface area (Å²) in [6, 6.07) is 10.4. The maximum absolute atomic E-state index is 11.6. The molecule has 0 unspecified atom stereocenters. The summed E-state index contributed by atoms with van der Waals surface area (Å²) in [5, 5.41) is 4.84. The number of hydrogen-bond acceptors (Lipinski definition) is 3. The number of hydrazone groups is 1. The molecule has 20 heavy (non-hydrogen) atoms. The van der Waals surface area contributed by atoms with Gasteiger partial charge < -0.3 is 4.67 Å². The van der Waals surface area contributed by atoms with Crippen molar-refractivity contribution in [3.63, 3.8) is 0 Å². The Bertz CT molecular complexity index is 491. The molecule has 0 spiro atoms. The minimum atomic E-state index is -1.54. The summed E-state index contributed by atoms with van der Waals surface area (Å²) in [7, 11) is -1.54. The van der Waals surface area contributed by atoms with Gasteiger partial charge in [-0.2, -0.15) is 5.10 Å². The number of ketones is 1. The maximum atomic E-state index is 11.6. The van der Waals surface area contributed by atoms with E-state index in [-0.39, 0.29) is 0 Å². The fraction of sp³-hybridized carbons (Fsp3) is 0.500. The van der Waals surface area contributed by atoms with E-state index in [2.05, 4.69) is 48.6 Å². The van der Waals surface area contributed by atoms with E-state index < -0.39 is 8.24 Å². The topological polar surface area (TPSA) is 32.7 Å². The van der Waals surface area contributed by atoms with Gasteiger partial charge >= 0.3 is 0 Å². The molecule has 1 saturated carbocycles. The summed E-state index contributed by atoms with van der Waals surface area (Å²) in [6.07, 6.45) is 3.21. The van der Waals surface area contributed by atoms with Crippen LogP contribution in [0.2, 0.25) is 19.6 Å². The molecule has 0 saturated heterocycles. The van der Waals surface area contributed by atoms with Crippen LogP contribution < -0.4 is 0 Å². The summed E-state index contributed by atoms with van der Waals surface area (Å²) < 4.78 is 2.25. The average Bonchev–Trinajstić information content (AvgIpc) is 2.38. The lowest BCUT2D eigenvalue weighted by Crippen LogP contribution is -2.42. The Balaban J connectivity index is 2.16. The average molecular weight is 288 g/mol. The van der Waals surface area contributed by atoms with Crippen molar-refractivity contribution >= 4 is 19.7 Å². The highest BCUT2D eigenvalue weighted by molar-refractivity contribution is 6.73. The Morgan fingerprint density at radius 3 is 2.45 bits per heavy atom. The van der Waals surface area contributed by atoms with Gasteiger partial charge in [0.2, 0.25) is 0 Å². The zero-order valence-electron chi connectivity index (χ0n) is 12.7. The van der Waals surface area contributed by atoms with E-state index in [0.717, 1.165) is 31.5 Å². The Labute approximate surface area is 122 Å². The lowest BCUT2D eigenvalue weighted by molar-refractivity contribution is -0.118. The predicted molar refractivity (Wildman–Crippen MR) is 86.2 cm³/mol. The third-order valence-electron chi connectivity index (χ3n) is 3.53. The summed E-state index contributed by atoms with van der Waals surface area (Å²) in [4.78, 5) is 11.6. The molecule has 2 rings (SSSR count). The van der Waals surface area contributed by atoms with Crippen LogP contribution in [-0.4, -0.2) is 24.4 Å². The molecular weight excluding hydrogens is 264 g/mol. The molecule has 0 N–H and O–H groups in total. The lowest BCUT2D eigenvalue weighted by atomic mass is 9.97. The molecule has 0 aromatic heterocycles. The molecule has 0 radical (unpaired) electrons. The second-order valence-electron chi connectivity index (χ2n) is 6.45. The third-order valence-corrected chi connectivity index (χ3v) is 5.34. The van der Waals surface area contributed by atoms with Crippen LogP contribution >= 0.6 is 0 Å². The minimum absolute atomic E-state index is 0.338. The largest absolute Gasteiger partial charge is 0.320 e. The predicted octanol–water partition coefficient (Wildman–Crippen LogP) is 3.82. The molecule has 1 aromatic carbocycles. The van der Waals surface area contributed by atoms with Crippen molar-refractivity contribution < 1.29 is 4.79 Å². The maximum Gasteiger partial charge on any atom is 0.169 e. The van der Waals surface area contributed by atoms with Crippen molar-refractivity contribution in [3.05, 3.63) is 35.9 Å². The molecule has 0 atom stereocenters. The van der Waals surface area contributed by atoms with Crippen LogP contribution in [0.5, 0.6) is 0 Å². The van der Waals surface area contributed by atoms with Crippen LogP contribution in [0.25, 0.3) is 0 Å². The second-order valence-corrected chi connectivity index (χ2v) is 11.3. The Morgan fingerprint density at radius 1 is 1.15 bits per heavy atom. The van der Waals surface area contributed by atoms with Gasteiger partial charge in [-0.05, 0) is 18.4 Å². The van der Waals surface area contributed by atoms with Crippen LogP contribution in [-0.2, 0) is 11.3 Å². The fourth-order valence-electron chi connectivity index (χ4n) is 2.33. The highest BCUT2D eigenvalue weighted by atomic mass is 28.3. The smallest absolute Gasteiger partial charge is 0.169 e. The lowest BCUT2D eigenvalue weighted by Gasteiger charge is -2.33. The van der Waals surface area contributed by atoms with Crippen LogP contribution in [0.15, 0.2) is 35.4 Å². The van der Waals surface area contributed by atoms with E-state index in [4.69, 9.17) is 5.10 Å². The summed E-state index contributed by atoms with van der Waals surface area (Å²) in [6.45, 7) is 7.73. The van der Waals surface area contributed by atoms with Crippen molar-refractivity contribution in [1.82, 2.24) is 4.67 Å². The highest BCUT2D eigenvalue weighted by Crippen LogP contribution is 2.19. The summed E-state index contributed by atoms with van der Waals surface area (Å²) >= 11 is 0. The molecule has 0 heterocycles. The first-order valence-electron chi connectivity index (χ1n) is 7.35. The molecule has 0 amide bonds. The second kappa shape index (κ2) is 6.35. The molecule has 0 bridgehead atoms. The van der Waals surface area contributed by atoms with E-state index in [1.807, 2.05) is 6.07 Å². The van der Waals surface area contributed by atoms with Gasteiger partial charge in [0, 0.05) is 18.6 Å². The fourth-order valence-corrected chi connectivity index (χ4v) is 3.43. The molecule has 0 aliphatic heterocycles. The highest BCUT2D eigenvalue weighted by Gasteiger charge is 2.24. The first-order valence-corrected chi connectivity index (χ1v) is 10.8. The molecule has 1 fully saturated rings. The number of hydrogen-bond donors (Lipinski definition) is 0. The third kappa shape index (κ3) is 4.30. The van der Waals surface area contributed by atoms with Crippen molar-refractivity contribution in [2.75, 3.05) is 0 Å². The monoisotopic (exact) mass is 288 g/mol. The standard InChI is InChI=1S/C16H24N2OSi/c1-20(2,3)18(13-14-8-5-4-6-9-14)17-15-10-7-11-16(19)12-15/h4-6,8-9H,7,10-13H2,1-3H3/b17-15-. The Kier molecular flexibility index (Phi) is 4.76. The van der Waals surface area contributed by atoms with Crippen molar-refractivity contribution in [3.8, 4) is 0 Å². The normalized spacial score (nSPS) is 18.4. The van der Waals surface area contributed by atoms with Crippen molar-refractivity contribution in [2.24, 2.45) is 5.10 Å². The number of carbonyl (C=O) groups excluding carboxylic acids is 1. The first-order chi connectivity index (χ1) is 9.45. The van der Waals surface area contributed by atoms with Gasteiger partial charge in [0.25, 0.3) is 0 Å². The van der Waals surface area contributed by atoms with Gasteiger partial charge in [-0.3, -0.25) is 4.79 Å². The zero-order chi connectivity index (χ0) is 14.6. The van der Waals surface area contributed by atoms with E-state index in [9.17, 15) is 4.79 Å². The van der Waals surface area contributed by atoms with E-state index >= 15 is 0 Å². The molecular formula is C16H24N2OSi. The molecule has 3 nitrogen and oxygen atoms in total. The number of Topliss-reactive ketones (excluding diaryl/α,β-unsaturated/α-hetero) is 1. The molecule has 4 heteroatoms. The van der Waals surface area contributed by atoms with Crippen LogP contribution in [0, 0.1) is 0 Å². The molecule has 1 aliphatic rings. The Hall–Kier alpha value is -1.42. The summed E-state index contributed by atoms with van der Waals surface area (Å²) in [5.41, 5.74) is 2.35. The van der Waals surface area contributed by atoms with Crippen molar-refractivity contribution in [2.45, 2.75) is 51.9 Å². The van der Waals surface area contributed by atoms with Crippen LogP contribution in [0.1, 0.15) is 31.2 Å². The van der Waals surface area contributed by atoms with Crippen LogP contribution in [0.3, 0.4) is 0 Å². The Morgan fingerprint density at radius 2 is 1.85 bits per heavy atom. The van der Waals surface area contributed by atoms with Gasteiger partial charge in [-0.25, -0.2) is 0 Å². The number of nitrogens with zero attached hydrogens (tertiary/aromatic N) is 2. The van der Waals surface area contributed by atoms with Crippen LogP contribution in [0.4, 0.5) is 0 Å². The number of carbonyl (C=O) groups is 1. The minimum Gasteiger partial charge on any atom is -0.320 e. The van der Waals surface area contributed by atoms with Gasteiger partial charge in [0.1, 0.15) is 5.78 Å². The quantitative estimate of drug-likeness (QED) is 0.623. The van der Waals surface area contributed by atoms with Crippen molar-refractivity contribution in [1.29, 1.82) is 0 Å².